The molecule has 0 radical (unpaired) electrons. The summed E-state index contributed by atoms with van der Waals surface area (Å²) in [5.74, 6) is 0.674. The Labute approximate surface area is 486 Å². The van der Waals surface area contributed by atoms with E-state index in [-0.39, 0.29) is 25.7 Å². The first-order valence-corrected chi connectivity index (χ1v) is 34.7. The second-order valence-electron chi connectivity index (χ2n) is 23.8. The van der Waals surface area contributed by atoms with Crippen LogP contribution in [0.25, 0.3) is 0 Å². The molecule has 0 aliphatic heterocycles. The van der Waals surface area contributed by atoms with Crippen LogP contribution in [-0.4, -0.2) is 96.7 Å². The normalized spacial score (nSPS) is 14.9. The summed E-state index contributed by atoms with van der Waals surface area (Å²) in [5, 5.41) is 10.5. The molecule has 0 rings (SSSR count). The predicted octanol–water partition coefficient (Wildman–Crippen LogP) is 16.2. The molecular formula is C61H118O17P2. The first-order valence-electron chi connectivity index (χ1n) is 31.7. The van der Waals surface area contributed by atoms with Crippen molar-refractivity contribution in [3.63, 3.8) is 0 Å². The van der Waals surface area contributed by atoms with Gasteiger partial charge in [-0.05, 0) is 49.4 Å². The number of carbonyl (C=O) groups is 4. The lowest BCUT2D eigenvalue weighted by Gasteiger charge is -2.21. The average molecular weight is 1190 g/mol. The van der Waals surface area contributed by atoms with Gasteiger partial charge in [0.05, 0.1) is 26.4 Å². The van der Waals surface area contributed by atoms with Gasteiger partial charge in [-0.25, -0.2) is 9.13 Å². The van der Waals surface area contributed by atoms with Gasteiger partial charge in [-0.15, -0.1) is 0 Å². The molecule has 3 N–H and O–H groups in total. The molecule has 19 heteroatoms. The predicted molar refractivity (Wildman–Crippen MR) is 317 cm³/mol. The van der Waals surface area contributed by atoms with E-state index in [1.165, 1.54) is 77.0 Å². The first-order chi connectivity index (χ1) is 38.1. The van der Waals surface area contributed by atoms with Crippen LogP contribution >= 0.6 is 15.6 Å². The molecule has 6 atom stereocenters. The molecule has 474 valence electrons. The smallest absolute Gasteiger partial charge is 0.462 e. The number of unbranched alkanes of at least 4 members (excludes halogenated alkanes) is 23. The minimum Gasteiger partial charge on any atom is -0.462 e. The zero-order valence-electron chi connectivity index (χ0n) is 51.7. The zero-order valence-corrected chi connectivity index (χ0v) is 53.5. The highest BCUT2D eigenvalue weighted by molar-refractivity contribution is 7.47. The van der Waals surface area contributed by atoms with Crippen molar-refractivity contribution < 1.29 is 80.2 Å². The van der Waals surface area contributed by atoms with Gasteiger partial charge in [0.1, 0.15) is 19.3 Å². The molecule has 17 nitrogen and oxygen atoms in total. The van der Waals surface area contributed by atoms with Gasteiger partial charge in [-0.1, -0.05) is 235 Å². The minimum atomic E-state index is -4.94. The number of ether oxygens (including phenoxy) is 4. The van der Waals surface area contributed by atoms with Crippen LogP contribution in [0.5, 0.6) is 0 Å². The third kappa shape index (κ3) is 54.0. The quantitative estimate of drug-likeness (QED) is 0.0222. The zero-order chi connectivity index (χ0) is 59.7. The van der Waals surface area contributed by atoms with Gasteiger partial charge >= 0.3 is 39.5 Å². The Hall–Kier alpha value is -1.94. The number of rotatable bonds is 58. The van der Waals surface area contributed by atoms with E-state index >= 15 is 0 Å². The molecule has 0 aliphatic carbocycles. The third-order valence-corrected chi connectivity index (χ3v) is 16.1. The Balaban J connectivity index is 5.26. The van der Waals surface area contributed by atoms with Gasteiger partial charge in [0, 0.05) is 25.7 Å². The number of hydrogen-bond acceptors (Lipinski definition) is 15. The number of phosphoric ester groups is 2. The van der Waals surface area contributed by atoms with Crippen LogP contribution < -0.4 is 0 Å². The SMILES string of the molecule is CCC(C)CCCCCCCCC(=O)O[C@H](COC(=O)CCCCCCCCC(C)C)COP(=O)(O)OCC(O)COP(=O)(O)OC[C@@H](COC(=O)CCCCCCCCCC(C)C)OC(=O)CCCCCCCCCCC(C)C. The maximum atomic E-state index is 12.9. The molecule has 0 aromatic rings. The van der Waals surface area contributed by atoms with Gasteiger partial charge < -0.3 is 33.8 Å². The van der Waals surface area contributed by atoms with Gasteiger partial charge in [0.15, 0.2) is 12.2 Å². The summed E-state index contributed by atoms with van der Waals surface area (Å²) < 4.78 is 67.8. The summed E-state index contributed by atoms with van der Waals surface area (Å²) >= 11 is 0. The van der Waals surface area contributed by atoms with Gasteiger partial charge in [0.25, 0.3) is 0 Å². The number of aliphatic hydroxyl groups is 1. The van der Waals surface area contributed by atoms with Crippen molar-refractivity contribution in [2.24, 2.45) is 23.7 Å². The van der Waals surface area contributed by atoms with E-state index in [4.69, 9.17) is 37.0 Å². The Morgan fingerprint density at radius 1 is 0.350 bits per heavy atom. The van der Waals surface area contributed by atoms with E-state index in [1.54, 1.807) is 0 Å². The van der Waals surface area contributed by atoms with Crippen molar-refractivity contribution in [1.29, 1.82) is 0 Å². The Bertz CT molecular complexity index is 1610. The number of carbonyl (C=O) groups excluding carboxylic acids is 4. The Morgan fingerprint density at radius 3 is 0.887 bits per heavy atom. The monoisotopic (exact) mass is 1180 g/mol. The van der Waals surface area contributed by atoms with Crippen molar-refractivity contribution in [2.45, 2.75) is 305 Å². The molecule has 0 aromatic carbocycles. The molecule has 0 saturated heterocycles. The standard InChI is InChI=1S/C61H118O17P2/c1-9-54(8)40-32-24-18-20-28-36-44-61(66)78-57(48-72-59(64)42-34-26-19-17-23-31-39-53(6)7)50-76-80(69,70)74-46-55(62)45-73-79(67,68)75-49-56(47-71-58(63)41-33-25-16-12-14-22-30-38-52(4)5)77-60(65)43-35-27-15-11-10-13-21-29-37-51(2)3/h51-57,62H,9-50H2,1-8H3,(H,67,68)(H,69,70)/t54?,55?,56-,57-/m1/s1. The molecular weight excluding hydrogens is 1070 g/mol. The number of aliphatic hydroxyl groups excluding tert-OH is 1. The lowest BCUT2D eigenvalue weighted by Crippen LogP contribution is -2.30. The van der Waals surface area contributed by atoms with Crippen LogP contribution in [0.1, 0.15) is 287 Å². The summed E-state index contributed by atoms with van der Waals surface area (Å²) in [6.45, 7) is 13.8. The minimum absolute atomic E-state index is 0.101. The first kappa shape index (κ1) is 78.1. The molecule has 0 heterocycles. The van der Waals surface area contributed by atoms with E-state index in [0.717, 1.165) is 115 Å². The molecule has 0 spiro atoms. The van der Waals surface area contributed by atoms with Crippen molar-refractivity contribution in [1.82, 2.24) is 0 Å². The van der Waals surface area contributed by atoms with Crippen LogP contribution in [0, 0.1) is 23.7 Å². The molecule has 0 fully saturated rings. The lowest BCUT2D eigenvalue weighted by molar-refractivity contribution is -0.161. The molecule has 4 unspecified atom stereocenters. The van der Waals surface area contributed by atoms with Crippen molar-refractivity contribution in [3.05, 3.63) is 0 Å². The third-order valence-electron chi connectivity index (χ3n) is 14.2. The highest BCUT2D eigenvalue weighted by atomic mass is 31.2. The Morgan fingerprint density at radius 2 is 0.600 bits per heavy atom. The summed E-state index contributed by atoms with van der Waals surface area (Å²) in [6, 6.07) is 0. The molecule has 0 aliphatic rings. The second-order valence-corrected chi connectivity index (χ2v) is 26.7. The van der Waals surface area contributed by atoms with Crippen molar-refractivity contribution in [3.8, 4) is 0 Å². The van der Waals surface area contributed by atoms with Crippen LogP contribution in [0.4, 0.5) is 0 Å². The van der Waals surface area contributed by atoms with E-state index in [2.05, 4.69) is 55.4 Å². The molecule has 0 aromatic heterocycles. The molecule has 80 heavy (non-hydrogen) atoms. The summed E-state index contributed by atoms with van der Waals surface area (Å²) in [4.78, 5) is 72.0. The highest BCUT2D eigenvalue weighted by Gasteiger charge is 2.30. The summed E-state index contributed by atoms with van der Waals surface area (Å²) in [6.07, 6.45) is 29.7. The average Bonchev–Trinajstić information content (AvgIpc) is 3.40. The van der Waals surface area contributed by atoms with Crippen LogP contribution in [0.15, 0.2) is 0 Å². The molecule has 0 amide bonds. The number of phosphoric acid groups is 2. The van der Waals surface area contributed by atoms with Gasteiger partial charge in [0.2, 0.25) is 0 Å². The summed E-state index contributed by atoms with van der Waals surface area (Å²) in [7, 11) is -9.88. The van der Waals surface area contributed by atoms with Crippen molar-refractivity contribution >= 4 is 39.5 Å². The van der Waals surface area contributed by atoms with E-state index in [0.29, 0.717) is 37.5 Å². The van der Waals surface area contributed by atoms with Gasteiger partial charge in [-0.2, -0.15) is 0 Å². The Kier molecular flexibility index (Phi) is 50.2. The number of hydrogen-bond donors (Lipinski definition) is 3. The fourth-order valence-electron chi connectivity index (χ4n) is 8.87. The van der Waals surface area contributed by atoms with Crippen LogP contribution in [-0.2, 0) is 65.4 Å². The topological polar surface area (TPSA) is 237 Å². The van der Waals surface area contributed by atoms with E-state index < -0.39 is 97.5 Å². The largest absolute Gasteiger partial charge is 0.472 e. The summed E-state index contributed by atoms with van der Waals surface area (Å²) in [5.41, 5.74) is 0. The lowest BCUT2D eigenvalue weighted by atomic mass is 10.00. The van der Waals surface area contributed by atoms with E-state index in [9.17, 15) is 43.2 Å². The second kappa shape index (κ2) is 51.5. The van der Waals surface area contributed by atoms with Crippen molar-refractivity contribution in [2.75, 3.05) is 39.6 Å². The maximum absolute atomic E-state index is 12.9. The van der Waals surface area contributed by atoms with Crippen LogP contribution in [0.3, 0.4) is 0 Å². The molecule has 0 bridgehead atoms. The van der Waals surface area contributed by atoms with Gasteiger partial charge in [-0.3, -0.25) is 37.3 Å². The van der Waals surface area contributed by atoms with E-state index in [1.807, 2.05) is 0 Å². The van der Waals surface area contributed by atoms with Crippen LogP contribution in [0.2, 0.25) is 0 Å². The fourth-order valence-corrected chi connectivity index (χ4v) is 10.4. The fraction of sp³-hybridized carbons (Fsp3) is 0.934. The number of esters is 4. The highest BCUT2D eigenvalue weighted by Crippen LogP contribution is 2.45. The maximum Gasteiger partial charge on any atom is 0.472 e. The molecule has 0 saturated carbocycles.